The van der Waals surface area contributed by atoms with Gasteiger partial charge in [0.25, 0.3) is 0 Å². The minimum absolute atomic E-state index is 0.107. The third kappa shape index (κ3) is 3.89. The third-order valence-corrected chi connectivity index (χ3v) is 3.24. The van der Waals surface area contributed by atoms with Gasteiger partial charge in [-0.15, -0.1) is 0 Å². The number of benzene rings is 2. The van der Waals surface area contributed by atoms with Crippen LogP contribution in [0.3, 0.4) is 0 Å². The number of ether oxygens (including phenoxy) is 2. The van der Waals surface area contributed by atoms with E-state index in [1.165, 1.54) is 36.4 Å². The van der Waals surface area contributed by atoms with Crippen LogP contribution >= 0.6 is 11.6 Å². The second kappa shape index (κ2) is 7.13. The Kier molecular flexibility index (Phi) is 5.22. The van der Waals surface area contributed by atoms with Gasteiger partial charge in [0.05, 0.1) is 17.2 Å². The number of aromatic carboxylic acids is 1. The lowest BCUT2D eigenvalue weighted by Gasteiger charge is -2.13. The Hall–Kier alpha value is -2.27. The predicted molar refractivity (Wildman–Crippen MR) is 80.3 cm³/mol. The first kappa shape index (κ1) is 16.1. The molecule has 0 aliphatic heterocycles. The number of carbonyl (C=O) groups is 1. The summed E-state index contributed by atoms with van der Waals surface area (Å²) in [5, 5.41) is 9.25. The average molecular weight is 325 g/mol. The summed E-state index contributed by atoms with van der Waals surface area (Å²) < 4.78 is 24.0. The summed E-state index contributed by atoms with van der Waals surface area (Å²) in [6.07, 6.45) is 0. The van der Waals surface area contributed by atoms with Crippen molar-refractivity contribution in [2.75, 3.05) is 6.61 Å². The van der Waals surface area contributed by atoms with E-state index < -0.39 is 11.8 Å². The van der Waals surface area contributed by atoms with Crippen molar-refractivity contribution < 1.29 is 23.8 Å². The molecule has 2 rings (SSSR count). The smallest absolute Gasteiger partial charge is 0.335 e. The highest BCUT2D eigenvalue weighted by Crippen LogP contribution is 2.30. The molecule has 0 bridgehead atoms. The van der Waals surface area contributed by atoms with Crippen molar-refractivity contribution in [1.82, 2.24) is 0 Å². The fraction of sp³-hybridized carbons (Fsp3) is 0.188. The van der Waals surface area contributed by atoms with Crippen LogP contribution in [0, 0.1) is 5.82 Å². The summed E-state index contributed by atoms with van der Waals surface area (Å²) in [6, 6.07) is 8.37. The molecule has 0 saturated heterocycles. The Balaban J connectivity index is 2.19. The van der Waals surface area contributed by atoms with Crippen molar-refractivity contribution >= 4 is 17.6 Å². The molecule has 2 aromatic rings. The molecule has 0 radical (unpaired) electrons. The number of hydrogen-bond acceptors (Lipinski definition) is 3. The molecular weight excluding hydrogens is 311 g/mol. The second-order valence-electron chi connectivity index (χ2n) is 4.42. The zero-order valence-electron chi connectivity index (χ0n) is 11.8. The van der Waals surface area contributed by atoms with Gasteiger partial charge in [-0.2, -0.15) is 0 Å². The van der Waals surface area contributed by atoms with Gasteiger partial charge in [0.1, 0.15) is 12.4 Å². The summed E-state index contributed by atoms with van der Waals surface area (Å²) in [5.41, 5.74) is 0.725. The van der Waals surface area contributed by atoms with Crippen LogP contribution in [0.25, 0.3) is 0 Å². The maximum atomic E-state index is 13.0. The molecule has 0 spiro atoms. The molecule has 0 unspecified atom stereocenters. The van der Waals surface area contributed by atoms with Gasteiger partial charge in [-0.05, 0) is 37.3 Å². The number of rotatable bonds is 6. The Bertz CT molecular complexity index is 688. The highest BCUT2D eigenvalue weighted by molar-refractivity contribution is 6.31. The second-order valence-corrected chi connectivity index (χ2v) is 4.83. The molecule has 116 valence electrons. The van der Waals surface area contributed by atoms with Gasteiger partial charge < -0.3 is 14.6 Å². The number of hydrogen-bond donors (Lipinski definition) is 1. The first-order valence-electron chi connectivity index (χ1n) is 6.58. The molecule has 22 heavy (non-hydrogen) atoms. The Morgan fingerprint density at radius 3 is 2.59 bits per heavy atom. The zero-order valence-corrected chi connectivity index (χ0v) is 12.6. The van der Waals surface area contributed by atoms with Crippen molar-refractivity contribution in [3.8, 4) is 11.5 Å². The molecule has 6 heteroatoms. The molecule has 1 N–H and O–H groups in total. The quantitative estimate of drug-likeness (QED) is 0.867. The lowest BCUT2D eigenvalue weighted by Crippen LogP contribution is -2.03. The van der Waals surface area contributed by atoms with E-state index in [1.807, 2.05) is 0 Å². The maximum Gasteiger partial charge on any atom is 0.335 e. The van der Waals surface area contributed by atoms with Gasteiger partial charge >= 0.3 is 5.97 Å². The Morgan fingerprint density at radius 2 is 1.95 bits per heavy atom. The fourth-order valence-electron chi connectivity index (χ4n) is 1.82. The minimum atomic E-state index is -1.05. The molecular formula is C16H14ClFO4. The van der Waals surface area contributed by atoms with Gasteiger partial charge in [0, 0.05) is 5.56 Å². The van der Waals surface area contributed by atoms with Gasteiger partial charge in [0.15, 0.2) is 11.5 Å². The van der Waals surface area contributed by atoms with E-state index in [9.17, 15) is 9.18 Å². The lowest BCUT2D eigenvalue weighted by molar-refractivity contribution is 0.0696. The van der Waals surface area contributed by atoms with Crippen LogP contribution in [0.2, 0.25) is 5.02 Å². The van der Waals surface area contributed by atoms with Crippen LogP contribution in [0.1, 0.15) is 22.8 Å². The van der Waals surface area contributed by atoms with Crippen molar-refractivity contribution in [1.29, 1.82) is 0 Å². The van der Waals surface area contributed by atoms with E-state index in [4.69, 9.17) is 26.2 Å². The normalized spacial score (nSPS) is 10.3. The number of carboxylic acids is 1. The number of halogens is 2. The molecule has 0 heterocycles. The van der Waals surface area contributed by atoms with Crippen LogP contribution < -0.4 is 9.47 Å². The van der Waals surface area contributed by atoms with Crippen LogP contribution in [-0.2, 0) is 6.61 Å². The maximum absolute atomic E-state index is 13.0. The standard InChI is InChI=1S/C16H14ClFO4/c1-2-21-15-7-10(16(19)20)4-6-14(15)22-9-11-3-5-12(18)8-13(11)17/h3-8H,2,9H2,1H3,(H,19,20). The molecule has 0 fully saturated rings. The molecule has 0 saturated carbocycles. The molecule has 2 aromatic carbocycles. The van der Waals surface area contributed by atoms with E-state index in [0.29, 0.717) is 23.7 Å². The minimum Gasteiger partial charge on any atom is -0.490 e. The SMILES string of the molecule is CCOc1cc(C(=O)O)ccc1OCc1ccc(F)cc1Cl. The Labute approximate surface area is 132 Å². The van der Waals surface area contributed by atoms with E-state index in [-0.39, 0.29) is 17.2 Å². The van der Waals surface area contributed by atoms with Crippen LogP contribution in [0.5, 0.6) is 11.5 Å². The number of carboxylic acid groups (broad SMARTS) is 1. The highest BCUT2D eigenvalue weighted by atomic mass is 35.5. The summed E-state index contributed by atoms with van der Waals surface area (Å²) >= 11 is 5.93. The van der Waals surface area contributed by atoms with Crippen LogP contribution in [0.4, 0.5) is 4.39 Å². The largest absolute Gasteiger partial charge is 0.490 e. The molecule has 0 aliphatic rings. The molecule has 0 amide bonds. The van der Waals surface area contributed by atoms with E-state index in [2.05, 4.69) is 0 Å². The highest BCUT2D eigenvalue weighted by Gasteiger charge is 2.11. The Morgan fingerprint density at radius 1 is 1.18 bits per heavy atom. The molecule has 0 aromatic heterocycles. The van der Waals surface area contributed by atoms with Crippen LogP contribution in [0.15, 0.2) is 36.4 Å². The predicted octanol–water partition coefficient (Wildman–Crippen LogP) is 4.16. The topological polar surface area (TPSA) is 55.8 Å². The van der Waals surface area contributed by atoms with E-state index >= 15 is 0 Å². The van der Waals surface area contributed by atoms with Gasteiger partial charge in [-0.1, -0.05) is 17.7 Å². The first-order valence-corrected chi connectivity index (χ1v) is 6.96. The summed E-state index contributed by atoms with van der Waals surface area (Å²) in [7, 11) is 0. The summed E-state index contributed by atoms with van der Waals surface area (Å²) in [6.45, 7) is 2.27. The fourth-order valence-corrected chi connectivity index (χ4v) is 2.04. The van der Waals surface area contributed by atoms with Crippen molar-refractivity contribution in [2.24, 2.45) is 0 Å². The van der Waals surface area contributed by atoms with E-state index in [1.54, 1.807) is 6.92 Å². The lowest BCUT2D eigenvalue weighted by atomic mass is 10.2. The van der Waals surface area contributed by atoms with Gasteiger partial charge in [-0.25, -0.2) is 9.18 Å². The molecule has 0 atom stereocenters. The molecule has 0 aliphatic carbocycles. The first-order chi connectivity index (χ1) is 10.5. The van der Waals surface area contributed by atoms with Crippen LogP contribution in [-0.4, -0.2) is 17.7 Å². The monoisotopic (exact) mass is 324 g/mol. The summed E-state index contributed by atoms with van der Waals surface area (Å²) in [4.78, 5) is 11.0. The zero-order chi connectivity index (χ0) is 16.1. The third-order valence-electron chi connectivity index (χ3n) is 2.89. The molecule has 4 nitrogen and oxygen atoms in total. The van der Waals surface area contributed by atoms with Crippen molar-refractivity contribution in [3.63, 3.8) is 0 Å². The van der Waals surface area contributed by atoms with Gasteiger partial charge in [0.2, 0.25) is 0 Å². The summed E-state index contributed by atoms with van der Waals surface area (Å²) in [5.74, 6) is -0.739. The van der Waals surface area contributed by atoms with E-state index in [0.717, 1.165) is 0 Å². The average Bonchev–Trinajstić information content (AvgIpc) is 2.47. The van der Waals surface area contributed by atoms with Crippen molar-refractivity contribution in [3.05, 3.63) is 58.4 Å². The van der Waals surface area contributed by atoms with Crippen molar-refractivity contribution in [2.45, 2.75) is 13.5 Å². The van der Waals surface area contributed by atoms with Gasteiger partial charge in [-0.3, -0.25) is 0 Å².